The third-order valence-electron chi connectivity index (χ3n) is 3.26. The molecule has 8 heteroatoms. The summed E-state index contributed by atoms with van der Waals surface area (Å²) in [5.41, 5.74) is 0.867. The maximum Gasteiger partial charge on any atom is 0.338 e. The molecule has 0 fully saturated rings. The summed E-state index contributed by atoms with van der Waals surface area (Å²) in [5.74, 6) is -1.01. The summed E-state index contributed by atoms with van der Waals surface area (Å²) < 4.78 is 9.90. The maximum atomic E-state index is 11.9. The third-order valence-corrected chi connectivity index (χ3v) is 3.26. The molecule has 1 N–H and O–H groups in total. The fraction of sp³-hybridized carbons (Fsp3) is 0.176. The largest absolute Gasteiger partial charge is 0.497 e. The standard InChI is InChI=1S/C17H16N2O6/c1-11-4-3-5-12(8-11)17(21)25-10-16(20)18-14-9-13(24-2)6-7-15(14)19(22)23/h3-9H,10H2,1-2H3,(H,18,20). The number of ether oxygens (including phenoxy) is 2. The first-order valence-corrected chi connectivity index (χ1v) is 7.27. The van der Waals surface area contributed by atoms with E-state index in [9.17, 15) is 19.7 Å². The summed E-state index contributed by atoms with van der Waals surface area (Å²) >= 11 is 0. The molecule has 0 unspecified atom stereocenters. The molecule has 0 saturated heterocycles. The number of nitrogens with one attached hydrogen (secondary N) is 1. The molecule has 0 spiro atoms. The second-order valence-electron chi connectivity index (χ2n) is 5.13. The zero-order valence-electron chi connectivity index (χ0n) is 13.6. The van der Waals surface area contributed by atoms with Crippen molar-refractivity contribution in [1.29, 1.82) is 0 Å². The van der Waals surface area contributed by atoms with Crippen molar-refractivity contribution in [3.8, 4) is 5.75 Å². The summed E-state index contributed by atoms with van der Waals surface area (Å²) in [6.45, 7) is 1.26. The number of esters is 1. The summed E-state index contributed by atoms with van der Waals surface area (Å²) in [6.07, 6.45) is 0. The van der Waals surface area contributed by atoms with Crippen LogP contribution < -0.4 is 10.1 Å². The molecule has 0 radical (unpaired) electrons. The third kappa shape index (κ3) is 4.77. The second kappa shape index (κ2) is 7.91. The van der Waals surface area contributed by atoms with Crippen molar-refractivity contribution in [3.05, 3.63) is 63.7 Å². The quantitative estimate of drug-likeness (QED) is 0.490. The van der Waals surface area contributed by atoms with Crippen LogP contribution in [0.15, 0.2) is 42.5 Å². The van der Waals surface area contributed by atoms with E-state index in [1.54, 1.807) is 18.2 Å². The lowest BCUT2D eigenvalue weighted by atomic mass is 10.1. The van der Waals surface area contributed by atoms with Crippen molar-refractivity contribution in [2.24, 2.45) is 0 Å². The van der Waals surface area contributed by atoms with Crippen molar-refractivity contribution in [2.75, 3.05) is 19.0 Å². The average Bonchev–Trinajstić information content (AvgIpc) is 2.59. The molecule has 0 saturated carbocycles. The molecule has 2 aromatic rings. The maximum absolute atomic E-state index is 11.9. The lowest BCUT2D eigenvalue weighted by molar-refractivity contribution is -0.383. The lowest BCUT2D eigenvalue weighted by Gasteiger charge is -2.09. The number of nitrogens with zero attached hydrogens (tertiary/aromatic N) is 1. The molecule has 8 nitrogen and oxygen atoms in total. The van der Waals surface area contributed by atoms with Crippen LogP contribution in [0.2, 0.25) is 0 Å². The van der Waals surface area contributed by atoms with Crippen LogP contribution in [0.3, 0.4) is 0 Å². The van der Waals surface area contributed by atoms with Gasteiger partial charge in [0, 0.05) is 12.1 Å². The molecular formula is C17H16N2O6. The Morgan fingerprint density at radius 1 is 1.20 bits per heavy atom. The molecule has 0 aliphatic carbocycles. The van der Waals surface area contributed by atoms with Crippen molar-refractivity contribution in [1.82, 2.24) is 0 Å². The van der Waals surface area contributed by atoms with E-state index in [0.717, 1.165) is 5.56 Å². The first kappa shape index (κ1) is 17.9. The highest BCUT2D eigenvalue weighted by Crippen LogP contribution is 2.28. The Hall–Kier alpha value is -3.42. The van der Waals surface area contributed by atoms with E-state index in [1.807, 2.05) is 13.0 Å². The number of methoxy groups -OCH3 is 1. The highest BCUT2D eigenvalue weighted by molar-refractivity contribution is 5.97. The Labute approximate surface area is 143 Å². The monoisotopic (exact) mass is 344 g/mol. The highest BCUT2D eigenvalue weighted by Gasteiger charge is 2.18. The van der Waals surface area contributed by atoms with E-state index in [2.05, 4.69) is 5.32 Å². The fourth-order valence-corrected chi connectivity index (χ4v) is 2.07. The van der Waals surface area contributed by atoms with Gasteiger partial charge in [0.2, 0.25) is 0 Å². The van der Waals surface area contributed by atoms with Crippen molar-refractivity contribution in [2.45, 2.75) is 6.92 Å². The van der Waals surface area contributed by atoms with E-state index >= 15 is 0 Å². The van der Waals surface area contributed by atoms with Gasteiger partial charge in [-0.05, 0) is 25.1 Å². The van der Waals surface area contributed by atoms with Crippen LogP contribution in [0.25, 0.3) is 0 Å². The van der Waals surface area contributed by atoms with Gasteiger partial charge in [0.25, 0.3) is 11.6 Å². The van der Waals surface area contributed by atoms with E-state index in [4.69, 9.17) is 9.47 Å². The minimum Gasteiger partial charge on any atom is -0.497 e. The van der Waals surface area contributed by atoms with Gasteiger partial charge >= 0.3 is 5.97 Å². The zero-order valence-corrected chi connectivity index (χ0v) is 13.6. The number of aryl methyl sites for hydroxylation is 1. The van der Waals surface area contributed by atoms with Gasteiger partial charge in [-0.25, -0.2) is 4.79 Å². The smallest absolute Gasteiger partial charge is 0.338 e. The minimum atomic E-state index is -0.697. The number of anilines is 1. The van der Waals surface area contributed by atoms with Gasteiger partial charge in [0.1, 0.15) is 11.4 Å². The zero-order chi connectivity index (χ0) is 18.4. The van der Waals surface area contributed by atoms with Crippen LogP contribution in [0, 0.1) is 17.0 Å². The van der Waals surface area contributed by atoms with Crippen LogP contribution in [-0.4, -0.2) is 30.5 Å². The number of benzene rings is 2. The highest BCUT2D eigenvalue weighted by atomic mass is 16.6. The molecular weight excluding hydrogens is 328 g/mol. The topological polar surface area (TPSA) is 108 Å². The molecule has 0 aliphatic rings. The summed E-state index contributed by atoms with van der Waals surface area (Å²) in [4.78, 5) is 34.2. The summed E-state index contributed by atoms with van der Waals surface area (Å²) in [5, 5.41) is 13.4. The van der Waals surface area contributed by atoms with Gasteiger partial charge in [0.15, 0.2) is 6.61 Å². The molecule has 0 aliphatic heterocycles. The predicted molar refractivity (Wildman–Crippen MR) is 89.7 cm³/mol. The molecule has 2 aromatic carbocycles. The van der Waals surface area contributed by atoms with E-state index in [0.29, 0.717) is 11.3 Å². The number of nitro benzene ring substituents is 1. The van der Waals surface area contributed by atoms with Crippen molar-refractivity contribution >= 4 is 23.3 Å². The van der Waals surface area contributed by atoms with Crippen LogP contribution >= 0.6 is 0 Å². The minimum absolute atomic E-state index is 0.0408. The molecule has 2 rings (SSSR count). The Kier molecular flexibility index (Phi) is 5.67. The van der Waals surface area contributed by atoms with Crippen LogP contribution in [-0.2, 0) is 9.53 Å². The van der Waals surface area contributed by atoms with Gasteiger partial charge in [0.05, 0.1) is 17.6 Å². The Morgan fingerprint density at radius 2 is 1.96 bits per heavy atom. The Bertz CT molecular complexity index is 819. The van der Waals surface area contributed by atoms with E-state index in [-0.39, 0.29) is 11.4 Å². The molecule has 0 bridgehead atoms. The van der Waals surface area contributed by atoms with Crippen molar-refractivity contribution in [3.63, 3.8) is 0 Å². The van der Waals surface area contributed by atoms with Crippen molar-refractivity contribution < 1.29 is 24.0 Å². The van der Waals surface area contributed by atoms with E-state index < -0.39 is 23.4 Å². The van der Waals surface area contributed by atoms with Gasteiger partial charge in [-0.3, -0.25) is 14.9 Å². The summed E-state index contributed by atoms with van der Waals surface area (Å²) in [7, 11) is 1.40. The molecule has 1 amide bonds. The Balaban J connectivity index is 2.03. The first-order valence-electron chi connectivity index (χ1n) is 7.27. The molecule has 0 aromatic heterocycles. The number of carbonyl (C=O) groups excluding carboxylic acids is 2. The average molecular weight is 344 g/mol. The van der Waals surface area contributed by atoms with Crippen LogP contribution in [0.4, 0.5) is 11.4 Å². The normalized spacial score (nSPS) is 10.0. The molecule has 130 valence electrons. The van der Waals surface area contributed by atoms with Gasteiger partial charge in [-0.2, -0.15) is 0 Å². The number of carbonyl (C=O) groups is 2. The van der Waals surface area contributed by atoms with Gasteiger partial charge in [-0.1, -0.05) is 17.7 Å². The Morgan fingerprint density at radius 3 is 2.60 bits per heavy atom. The van der Waals surface area contributed by atoms with Crippen LogP contribution in [0.5, 0.6) is 5.75 Å². The first-order chi connectivity index (χ1) is 11.9. The second-order valence-corrected chi connectivity index (χ2v) is 5.13. The predicted octanol–water partition coefficient (Wildman–Crippen LogP) is 2.71. The van der Waals surface area contributed by atoms with Gasteiger partial charge in [-0.15, -0.1) is 0 Å². The molecule has 0 heterocycles. The van der Waals surface area contributed by atoms with Crippen LogP contribution in [0.1, 0.15) is 15.9 Å². The lowest BCUT2D eigenvalue weighted by Crippen LogP contribution is -2.21. The number of nitro groups is 1. The number of amides is 1. The SMILES string of the molecule is COc1ccc([N+](=O)[O-])c(NC(=O)COC(=O)c2cccc(C)c2)c1. The summed E-state index contributed by atoms with van der Waals surface area (Å²) in [6, 6.07) is 10.7. The molecule has 0 atom stereocenters. The number of hydrogen-bond acceptors (Lipinski definition) is 6. The van der Waals surface area contributed by atoms with E-state index in [1.165, 1.54) is 25.3 Å². The fourth-order valence-electron chi connectivity index (χ4n) is 2.07. The number of rotatable bonds is 6. The number of hydrogen-bond donors (Lipinski definition) is 1. The van der Waals surface area contributed by atoms with Gasteiger partial charge < -0.3 is 14.8 Å². The molecule has 25 heavy (non-hydrogen) atoms.